The van der Waals surface area contributed by atoms with Gasteiger partial charge in [-0.25, -0.2) is 4.79 Å². The van der Waals surface area contributed by atoms with Crippen molar-refractivity contribution in [1.29, 1.82) is 0 Å². The third-order valence-electron chi connectivity index (χ3n) is 2.76. The van der Waals surface area contributed by atoms with Crippen molar-refractivity contribution in [1.82, 2.24) is 0 Å². The second-order valence-corrected chi connectivity index (χ2v) is 7.78. The molecule has 0 saturated heterocycles. The molecule has 0 spiro atoms. The van der Waals surface area contributed by atoms with Crippen molar-refractivity contribution >= 4 is 79.5 Å². The van der Waals surface area contributed by atoms with Crippen molar-refractivity contribution in [2.75, 3.05) is 0 Å². The summed E-state index contributed by atoms with van der Waals surface area (Å²) in [7, 11) is 0. The Balaban J connectivity index is 2.38. The van der Waals surface area contributed by atoms with Crippen molar-refractivity contribution in [2.24, 2.45) is 0 Å². The number of aromatic hydroxyl groups is 1. The summed E-state index contributed by atoms with van der Waals surface area (Å²) >= 11 is 6.32. The summed E-state index contributed by atoms with van der Waals surface area (Å²) in [6, 6.07) is 7.83. The molecule has 0 aromatic heterocycles. The van der Waals surface area contributed by atoms with Gasteiger partial charge in [0.15, 0.2) is 5.78 Å². The number of ether oxygens (including phenoxy) is 1. The van der Waals surface area contributed by atoms with Crippen LogP contribution >= 0.6 is 67.8 Å². The molecular formula is C15H9I3O4. The largest absolute Gasteiger partial charge is 0.508 e. The van der Waals surface area contributed by atoms with Crippen molar-refractivity contribution in [3.05, 3.63) is 52.2 Å². The Morgan fingerprint density at radius 2 is 1.68 bits per heavy atom. The van der Waals surface area contributed by atoms with Gasteiger partial charge in [0.1, 0.15) is 11.5 Å². The number of hydrogen-bond donors (Lipinski definition) is 1. The van der Waals surface area contributed by atoms with Gasteiger partial charge in [0.2, 0.25) is 0 Å². The van der Waals surface area contributed by atoms with Crippen molar-refractivity contribution in [3.63, 3.8) is 0 Å². The number of phenolic OH excluding ortho intramolecular Hbond substituents is 1. The summed E-state index contributed by atoms with van der Waals surface area (Å²) in [6.07, 6.45) is 0. The highest BCUT2D eigenvalue weighted by atomic mass is 127. The molecule has 4 nitrogen and oxygen atoms in total. The summed E-state index contributed by atoms with van der Waals surface area (Å²) in [5.41, 5.74) is 0.760. The molecule has 0 heterocycles. The lowest BCUT2D eigenvalue weighted by atomic mass is 10.1. The Morgan fingerprint density at radius 1 is 1.05 bits per heavy atom. The zero-order valence-electron chi connectivity index (χ0n) is 11.2. The average Bonchev–Trinajstić information content (AvgIpc) is 2.42. The lowest BCUT2D eigenvalue weighted by Gasteiger charge is -2.10. The van der Waals surface area contributed by atoms with Crippen LogP contribution in [0.4, 0.5) is 0 Å². The van der Waals surface area contributed by atoms with Crippen LogP contribution in [0.25, 0.3) is 0 Å². The summed E-state index contributed by atoms with van der Waals surface area (Å²) in [5.74, 6) is -0.720. The van der Waals surface area contributed by atoms with E-state index in [0.29, 0.717) is 5.56 Å². The minimum atomic E-state index is -0.521. The van der Waals surface area contributed by atoms with E-state index in [2.05, 4.69) is 67.8 Å². The molecule has 114 valence electrons. The predicted molar refractivity (Wildman–Crippen MR) is 108 cm³/mol. The van der Waals surface area contributed by atoms with Crippen LogP contribution in [0.5, 0.6) is 11.5 Å². The van der Waals surface area contributed by atoms with E-state index in [1.165, 1.54) is 25.1 Å². The van der Waals surface area contributed by atoms with E-state index >= 15 is 0 Å². The van der Waals surface area contributed by atoms with Gasteiger partial charge in [0.25, 0.3) is 0 Å². The van der Waals surface area contributed by atoms with Crippen molar-refractivity contribution < 1.29 is 19.4 Å². The minimum Gasteiger partial charge on any atom is -0.508 e. The van der Waals surface area contributed by atoms with Crippen LogP contribution in [0, 0.1) is 10.7 Å². The Labute approximate surface area is 168 Å². The third kappa shape index (κ3) is 4.10. The van der Waals surface area contributed by atoms with Crippen molar-refractivity contribution in [3.8, 4) is 11.5 Å². The molecule has 2 aromatic carbocycles. The van der Waals surface area contributed by atoms with E-state index in [1.54, 1.807) is 0 Å². The maximum atomic E-state index is 12.4. The zero-order chi connectivity index (χ0) is 16.4. The van der Waals surface area contributed by atoms with Crippen LogP contribution in [0.3, 0.4) is 0 Å². The third-order valence-corrected chi connectivity index (χ3v) is 6.71. The predicted octanol–water partition coefficient (Wildman–Crippen LogP) is 4.63. The molecule has 2 aromatic rings. The fraction of sp³-hybridized carbons (Fsp3) is 0.0667. The number of ketones is 1. The molecule has 0 fully saturated rings. The highest BCUT2D eigenvalue weighted by Gasteiger charge is 2.19. The molecule has 0 unspecified atom stereocenters. The summed E-state index contributed by atoms with van der Waals surface area (Å²) in [6.45, 7) is 1.38. The molecule has 1 N–H and O–H groups in total. The number of rotatable bonds is 3. The molecule has 0 saturated carbocycles. The Morgan fingerprint density at radius 3 is 2.32 bits per heavy atom. The number of carbonyl (C=O) groups is 2. The SMILES string of the molecule is CC(=O)c1cc(O)cc(OC(=O)c2c(I)ccc(I)c2I)c1. The first-order chi connectivity index (χ1) is 10.3. The maximum absolute atomic E-state index is 12.4. The molecule has 0 radical (unpaired) electrons. The van der Waals surface area contributed by atoms with Crippen LogP contribution in [0.1, 0.15) is 27.6 Å². The number of hydrogen-bond acceptors (Lipinski definition) is 4. The minimum absolute atomic E-state index is 0.123. The van der Waals surface area contributed by atoms with Crippen LogP contribution in [-0.2, 0) is 0 Å². The topological polar surface area (TPSA) is 63.6 Å². The molecule has 0 aliphatic carbocycles. The van der Waals surface area contributed by atoms with Gasteiger partial charge in [-0.05, 0) is 99.0 Å². The number of phenols is 1. The second-order valence-electron chi connectivity index (χ2n) is 4.38. The second kappa shape index (κ2) is 7.43. The van der Waals surface area contributed by atoms with Crippen molar-refractivity contribution in [2.45, 2.75) is 6.92 Å². The highest BCUT2D eigenvalue weighted by Crippen LogP contribution is 2.27. The van der Waals surface area contributed by atoms with Crippen LogP contribution in [0.15, 0.2) is 30.3 Å². The van der Waals surface area contributed by atoms with Gasteiger partial charge in [-0.1, -0.05) is 0 Å². The first kappa shape index (κ1) is 17.9. The summed E-state index contributed by atoms with van der Waals surface area (Å²) < 4.78 is 7.86. The fourth-order valence-electron chi connectivity index (χ4n) is 1.72. The number of halogens is 3. The van der Waals surface area contributed by atoms with E-state index in [4.69, 9.17) is 4.74 Å². The molecule has 0 atom stereocenters. The Hall–Kier alpha value is -0.430. The Kier molecular flexibility index (Phi) is 6.05. The first-order valence-corrected chi connectivity index (χ1v) is 9.24. The monoisotopic (exact) mass is 634 g/mol. The normalized spacial score (nSPS) is 10.4. The number of carbonyl (C=O) groups excluding carboxylic acids is 2. The highest BCUT2D eigenvalue weighted by molar-refractivity contribution is 14.1. The zero-order valence-corrected chi connectivity index (χ0v) is 17.7. The van der Waals surface area contributed by atoms with E-state index in [0.717, 1.165) is 10.7 Å². The van der Waals surface area contributed by atoms with E-state index < -0.39 is 5.97 Å². The molecule has 0 amide bonds. The number of Topliss-reactive ketones (excluding diaryl/α,β-unsaturated/α-hetero) is 1. The number of esters is 1. The van der Waals surface area contributed by atoms with Gasteiger partial charge >= 0.3 is 5.97 Å². The fourth-order valence-corrected chi connectivity index (χ4v) is 4.04. The molecule has 0 aliphatic heterocycles. The molecule has 0 aliphatic rings. The first-order valence-electron chi connectivity index (χ1n) is 6.00. The van der Waals surface area contributed by atoms with Crippen LogP contribution < -0.4 is 4.74 Å². The summed E-state index contributed by atoms with van der Waals surface area (Å²) in [4.78, 5) is 23.8. The lowest BCUT2D eigenvalue weighted by Crippen LogP contribution is -2.13. The van der Waals surface area contributed by atoms with E-state index in [1.807, 2.05) is 12.1 Å². The maximum Gasteiger partial charge on any atom is 0.345 e. The van der Waals surface area contributed by atoms with Crippen LogP contribution in [-0.4, -0.2) is 16.9 Å². The summed E-state index contributed by atoms with van der Waals surface area (Å²) in [5, 5.41) is 9.63. The van der Waals surface area contributed by atoms with E-state index in [-0.39, 0.29) is 22.8 Å². The van der Waals surface area contributed by atoms with Gasteiger partial charge in [-0.3, -0.25) is 4.79 Å². The quantitative estimate of drug-likeness (QED) is 0.176. The average molecular weight is 634 g/mol. The molecular weight excluding hydrogens is 625 g/mol. The van der Waals surface area contributed by atoms with Crippen LogP contribution in [0.2, 0.25) is 0 Å². The van der Waals surface area contributed by atoms with Gasteiger partial charge in [0.05, 0.1) is 5.56 Å². The molecule has 0 bridgehead atoms. The van der Waals surface area contributed by atoms with Gasteiger partial charge in [-0.15, -0.1) is 0 Å². The van der Waals surface area contributed by atoms with Gasteiger partial charge < -0.3 is 9.84 Å². The molecule has 22 heavy (non-hydrogen) atoms. The van der Waals surface area contributed by atoms with Gasteiger partial charge in [-0.2, -0.15) is 0 Å². The number of benzene rings is 2. The lowest BCUT2D eigenvalue weighted by molar-refractivity contribution is 0.0731. The molecule has 2 rings (SSSR count). The standard InChI is InChI=1S/C15H9I3O4/c1-7(19)8-4-9(20)6-10(5-8)22-15(21)13-11(16)2-3-12(17)14(13)18/h2-6,20H,1H3. The molecule has 7 heteroatoms. The Bertz CT molecular complexity index is 772. The van der Waals surface area contributed by atoms with Gasteiger partial charge in [0, 0.05) is 22.3 Å². The smallest absolute Gasteiger partial charge is 0.345 e. The van der Waals surface area contributed by atoms with E-state index in [9.17, 15) is 14.7 Å².